The number of aliphatic hydroxyl groups excluding tert-OH is 1. The molecule has 136 valence electrons. The van der Waals surface area contributed by atoms with Crippen molar-refractivity contribution in [3.63, 3.8) is 0 Å². The minimum absolute atomic E-state index is 0.0711. The van der Waals surface area contributed by atoms with Crippen LogP contribution < -0.4 is 4.90 Å². The van der Waals surface area contributed by atoms with Gasteiger partial charge >= 0.3 is 5.97 Å². The van der Waals surface area contributed by atoms with Crippen molar-refractivity contribution < 1.29 is 23.8 Å². The van der Waals surface area contributed by atoms with Crippen LogP contribution in [0.5, 0.6) is 0 Å². The summed E-state index contributed by atoms with van der Waals surface area (Å²) in [6.45, 7) is 3.63. The Hall–Kier alpha value is -2.67. The molecule has 0 radical (unpaired) electrons. The summed E-state index contributed by atoms with van der Waals surface area (Å²) < 4.78 is 18.6. The van der Waals surface area contributed by atoms with Crippen LogP contribution in [0.25, 0.3) is 5.76 Å². The van der Waals surface area contributed by atoms with E-state index in [1.165, 1.54) is 29.4 Å². The van der Waals surface area contributed by atoms with Crippen LogP contribution in [-0.2, 0) is 20.9 Å². The number of halogens is 1. The molecule has 2 heterocycles. The number of anilines is 1. The monoisotopic (exact) mass is 375 g/mol. The minimum Gasteiger partial charge on any atom is -0.506 e. The highest BCUT2D eigenvalue weighted by atomic mass is 32.1. The maximum Gasteiger partial charge on any atom is 0.338 e. The van der Waals surface area contributed by atoms with Crippen molar-refractivity contribution in [2.24, 2.45) is 0 Å². The molecule has 3 rings (SSSR count). The first-order chi connectivity index (χ1) is 12.3. The smallest absolute Gasteiger partial charge is 0.338 e. The Bertz CT molecular complexity index is 932. The number of ether oxygens (including phenoxy) is 1. The van der Waals surface area contributed by atoms with E-state index in [4.69, 9.17) is 4.74 Å². The average Bonchev–Trinajstić information content (AvgIpc) is 2.95. The van der Waals surface area contributed by atoms with Crippen LogP contribution in [0.1, 0.15) is 28.0 Å². The summed E-state index contributed by atoms with van der Waals surface area (Å²) in [5, 5.41) is 12.4. The van der Waals surface area contributed by atoms with Gasteiger partial charge in [0.05, 0.1) is 36.2 Å². The van der Waals surface area contributed by atoms with Crippen LogP contribution in [0.3, 0.4) is 0 Å². The van der Waals surface area contributed by atoms with Gasteiger partial charge in [0.25, 0.3) is 0 Å². The van der Waals surface area contributed by atoms with E-state index in [-0.39, 0.29) is 36.0 Å². The summed E-state index contributed by atoms with van der Waals surface area (Å²) in [6.07, 6.45) is -0.284. The van der Waals surface area contributed by atoms with Crippen molar-refractivity contribution in [3.05, 3.63) is 56.5 Å². The van der Waals surface area contributed by atoms with Crippen molar-refractivity contribution in [2.45, 2.75) is 26.8 Å². The van der Waals surface area contributed by atoms with Crippen molar-refractivity contribution >= 4 is 34.7 Å². The summed E-state index contributed by atoms with van der Waals surface area (Å²) in [4.78, 5) is 26.7. The van der Waals surface area contributed by atoms with Crippen LogP contribution in [0.2, 0.25) is 0 Å². The number of carbonyl (C=O) groups excluding carboxylic acids is 2. The Morgan fingerprint density at radius 1 is 1.35 bits per heavy atom. The third kappa shape index (κ3) is 3.10. The van der Waals surface area contributed by atoms with E-state index in [9.17, 15) is 19.1 Å². The summed E-state index contributed by atoms with van der Waals surface area (Å²) >= 11 is 1.24. The zero-order valence-corrected chi connectivity index (χ0v) is 15.4. The lowest BCUT2D eigenvalue weighted by molar-refractivity contribution is -0.137. The highest BCUT2D eigenvalue weighted by Crippen LogP contribution is 2.41. The zero-order valence-electron chi connectivity index (χ0n) is 14.6. The third-order valence-corrected chi connectivity index (χ3v) is 5.44. The molecular weight excluding hydrogens is 357 g/mol. The number of aryl methyl sites for hydroxylation is 2. The Labute approximate surface area is 154 Å². The number of amides is 1. The molecule has 1 aromatic heterocycles. The molecule has 1 N–H and O–H groups in total. The van der Waals surface area contributed by atoms with E-state index >= 15 is 0 Å². The van der Waals surface area contributed by atoms with E-state index < -0.39 is 5.97 Å². The lowest BCUT2D eigenvalue weighted by Crippen LogP contribution is -2.31. The number of hydrogen-bond donors (Lipinski definition) is 1. The third-order valence-electron chi connectivity index (χ3n) is 4.35. The van der Waals surface area contributed by atoms with E-state index in [1.807, 2.05) is 6.92 Å². The predicted molar refractivity (Wildman–Crippen MR) is 97.6 cm³/mol. The van der Waals surface area contributed by atoms with Gasteiger partial charge in [0, 0.05) is 0 Å². The lowest BCUT2D eigenvalue weighted by Gasteiger charge is -2.23. The fourth-order valence-electron chi connectivity index (χ4n) is 2.91. The fraction of sp³-hybridized carbons (Fsp3) is 0.263. The van der Waals surface area contributed by atoms with Crippen LogP contribution in [0.4, 0.5) is 10.1 Å². The van der Waals surface area contributed by atoms with Crippen molar-refractivity contribution in [2.75, 3.05) is 12.0 Å². The molecule has 0 unspecified atom stereocenters. The molecule has 0 atom stereocenters. The standard InChI is InChI=1S/C19H18FNO4S/c1-10-4-5-12(6-14(10)20)8-21-15(22)7-13(19(24)25-3)17(23)18-16(21)11(2)9-26-18/h4-6,9,23H,7-8H2,1-3H3. The Morgan fingerprint density at radius 2 is 2.08 bits per heavy atom. The molecule has 5 nitrogen and oxygen atoms in total. The molecule has 0 fully saturated rings. The molecule has 1 amide bonds. The predicted octanol–water partition coefficient (Wildman–Crippen LogP) is 3.88. The number of thiophene rings is 1. The highest BCUT2D eigenvalue weighted by Gasteiger charge is 2.33. The van der Waals surface area contributed by atoms with Gasteiger partial charge in [-0.05, 0) is 42.0 Å². The molecule has 0 aliphatic carbocycles. The van der Waals surface area contributed by atoms with Gasteiger partial charge < -0.3 is 14.7 Å². The Kier molecular flexibility index (Phi) is 4.82. The number of aliphatic hydroxyl groups is 1. The number of nitrogens with zero attached hydrogens (tertiary/aromatic N) is 1. The summed E-state index contributed by atoms with van der Waals surface area (Å²) in [7, 11) is 1.20. The highest BCUT2D eigenvalue weighted by molar-refractivity contribution is 7.12. The second-order valence-corrected chi connectivity index (χ2v) is 7.04. The number of rotatable bonds is 3. The second kappa shape index (κ2) is 6.92. The number of methoxy groups -OCH3 is 1. The van der Waals surface area contributed by atoms with Crippen LogP contribution in [0, 0.1) is 19.7 Å². The summed E-state index contributed by atoms with van der Waals surface area (Å²) in [5.74, 6) is -1.69. The Morgan fingerprint density at radius 3 is 2.73 bits per heavy atom. The molecule has 0 bridgehead atoms. The number of esters is 1. The van der Waals surface area contributed by atoms with Gasteiger partial charge in [-0.3, -0.25) is 4.79 Å². The van der Waals surface area contributed by atoms with E-state index in [2.05, 4.69) is 0 Å². The van der Waals surface area contributed by atoms with Gasteiger partial charge in [-0.25, -0.2) is 9.18 Å². The maximum absolute atomic E-state index is 13.9. The number of hydrogen-bond acceptors (Lipinski definition) is 5. The minimum atomic E-state index is -0.740. The van der Waals surface area contributed by atoms with Crippen molar-refractivity contribution in [1.82, 2.24) is 0 Å². The van der Waals surface area contributed by atoms with Gasteiger partial charge in [0.1, 0.15) is 11.6 Å². The van der Waals surface area contributed by atoms with E-state index in [0.717, 1.165) is 5.56 Å². The first kappa shape index (κ1) is 18.1. The molecule has 1 aliphatic rings. The lowest BCUT2D eigenvalue weighted by atomic mass is 10.1. The van der Waals surface area contributed by atoms with Crippen LogP contribution in [0.15, 0.2) is 29.2 Å². The van der Waals surface area contributed by atoms with Crippen molar-refractivity contribution in [1.29, 1.82) is 0 Å². The topological polar surface area (TPSA) is 66.8 Å². The quantitative estimate of drug-likeness (QED) is 0.827. The number of fused-ring (bicyclic) bond motifs is 1. The number of benzene rings is 1. The van der Waals surface area contributed by atoms with Gasteiger partial charge in [0.15, 0.2) is 0 Å². The molecule has 0 saturated carbocycles. The molecule has 1 aliphatic heterocycles. The van der Waals surface area contributed by atoms with Crippen LogP contribution in [-0.4, -0.2) is 24.1 Å². The Balaban J connectivity index is 2.07. The second-order valence-electron chi connectivity index (χ2n) is 6.16. The summed E-state index contributed by atoms with van der Waals surface area (Å²) in [5.41, 5.74) is 2.41. The molecular formula is C19H18FNO4S. The van der Waals surface area contributed by atoms with Gasteiger partial charge in [0.2, 0.25) is 5.91 Å². The van der Waals surface area contributed by atoms with Gasteiger partial charge in [-0.2, -0.15) is 0 Å². The van der Waals surface area contributed by atoms with E-state index in [1.54, 1.807) is 24.4 Å². The first-order valence-electron chi connectivity index (χ1n) is 7.97. The molecule has 0 saturated heterocycles. The molecule has 1 aromatic carbocycles. The van der Waals surface area contributed by atoms with Crippen molar-refractivity contribution in [3.8, 4) is 0 Å². The van der Waals surface area contributed by atoms with E-state index in [0.29, 0.717) is 21.7 Å². The molecule has 2 aromatic rings. The zero-order chi connectivity index (χ0) is 19.0. The molecule has 26 heavy (non-hydrogen) atoms. The maximum atomic E-state index is 13.9. The largest absolute Gasteiger partial charge is 0.506 e. The summed E-state index contributed by atoms with van der Waals surface area (Å²) in [6, 6.07) is 4.81. The first-order valence-corrected chi connectivity index (χ1v) is 8.85. The SMILES string of the molecule is COC(=O)C1=C(O)c2scc(C)c2N(Cc2ccc(C)c(F)c2)C(=O)C1. The number of carbonyl (C=O) groups is 2. The van der Waals surface area contributed by atoms with Gasteiger partial charge in [-0.15, -0.1) is 11.3 Å². The van der Waals surface area contributed by atoms with Crippen LogP contribution >= 0.6 is 11.3 Å². The molecule has 0 spiro atoms. The van der Waals surface area contributed by atoms with Gasteiger partial charge in [-0.1, -0.05) is 12.1 Å². The fourth-order valence-corrected chi connectivity index (χ4v) is 3.93. The normalized spacial score (nSPS) is 14.3. The molecule has 7 heteroatoms. The average molecular weight is 375 g/mol.